The van der Waals surface area contributed by atoms with E-state index in [1.165, 1.54) is 6.07 Å². The van der Waals surface area contributed by atoms with Gasteiger partial charge in [0.05, 0.1) is 6.61 Å². The molecule has 34 heavy (non-hydrogen) atoms. The van der Waals surface area contributed by atoms with Gasteiger partial charge in [-0.1, -0.05) is 18.2 Å². The molecule has 0 aromatic heterocycles. The van der Waals surface area contributed by atoms with Crippen LogP contribution in [0.1, 0.15) is 93.2 Å². The summed E-state index contributed by atoms with van der Waals surface area (Å²) in [5.74, 6) is -0.123. The number of halogens is 3. The minimum absolute atomic E-state index is 0.0464. The Labute approximate surface area is 201 Å². The van der Waals surface area contributed by atoms with Gasteiger partial charge in [0, 0.05) is 12.7 Å². The van der Waals surface area contributed by atoms with Crippen LogP contribution in [0, 0.1) is 29.3 Å². The minimum Gasteiger partial charge on any atom is -0.494 e. The zero-order valence-corrected chi connectivity index (χ0v) is 20.2. The van der Waals surface area contributed by atoms with Crippen molar-refractivity contribution in [1.82, 2.24) is 0 Å². The molecule has 0 heterocycles. The molecular weight excluding hydrogens is 437 g/mol. The summed E-state index contributed by atoms with van der Waals surface area (Å²) >= 11 is 0. The van der Waals surface area contributed by atoms with E-state index in [2.05, 4.69) is 0 Å². The molecule has 0 spiro atoms. The maximum absolute atomic E-state index is 15.1. The number of ether oxygens (including phenoxy) is 1. The van der Waals surface area contributed by atoms with Gasteiger partial charge in [-0.3, -0.25) is 0 Å². The molecule has 2 saturated carbocycles. The first kappa shape index (κ1) is 25.1. The summed E-state index contributed by atoms with van der Waals surface area (Å²) in [5.41, 5.74) is 1.73. The van der Waals surface area contributed by atoms with E-state index in [1.54, 1.807) is 6.07 Å². The molecule has 2 aliphatic carbocycles. The highest BCUT2D eigenvalue weighted by molar-refractivity contribution is 5.32. The van der Waals surface area contributed by atoms with Gasteiger partial charge in [-0.05, 0) is 118 Å². The number of rotatable bonds is 8. The van der Waals surface area contributed by atoms with Gasteiger partial charge in [-0.25, -0.2) is 13.2 Å². The molecule has 2 aliphatic rings. The number of aliphatic hydroxyl groups excluding tert-OH is 1. The lowest BCUT2D eigenvalue weighted by molar-refractivity contribution is 0.181. The second-order valence-corrected chi connectivity index (χ2v) is 10.2. The fourth-order valence-electron chi connectivity index (χ4n) is 5.97. The van der Waals surface area contributed by atoms with Gasteiger partial charge in [-0.2, -0.15) is 0 Å². The van der Waals surface area contributed by atoms with Gasteiger partial charge in [0.2, 0.25) is 0 Å². The summed E-state index contributed by atoms with van der Waals surface area (Å²) in [7, 11) is 0. The Hall–Kier alpha value is -2.01. The molecular formula is C29H37F3O2. The molecule has 0 saturated heterocycles. The van der Waals surface area contributed by atoms with Crippen LogP contribution < -0.4 is 4.74 Å². The van der Waals surface area contributed by atoms with Crippen LogP contribution in [0.25, 0.3) is 0 Å². The highest BCUT2D eigenvalue weighted by Crippen LogP contribution is 2.42. The quantitative estimate of drug-likeness (QED) is 0.425. The monoisotopic (exact) mass is 474 g/mol. The minimum atomic E-state index is -0.668. The molecule has 2 nitrogen and oxygen atoms in total. The fraction of sp³-hybridized carbons (Fsp3) is 0.586. The molecule has 0 aliphatic heterocycles. The molecule has 2 aromatic rings. The highest BCUT2D eigenvalue weighted by atomic mass is 19.2. The van der Waals surface area contributed by atoms with E-state index in [9.17, 15) is 9.50 Å². The lowest BCUT2D eigenvalue weighted by Crippen LogP contribution is -2.18. The highest BCUT2D eigenvalue weighted by Gasteiger charge is 2.29. The predicted molar refractivity (Wildman–Crippen MR) is 129 cm³/mol. The van der Waals surface area contributed by atoms with Crippen LogP contribution in [0.4, 0.5) is 13.2 Å². The van der Waals surface area contributed by atoms with Crippen molar-refractivity contribution in [3.05, 3.63) is 64.5 Å². The van der Waals surface area contributed by atoms with Gasteiger partial charge in [0.25, 0.3) is 0 Å². The molecule has 1 N–H and O–H groups in total. The summed E-state index contributed by atoms with van der Waals surface area (Å²) in [5, 5.41) is 9.32. The molecule has 0 atom stereocenters. The second kappa shape index (κ2) is 11.6. The van der Waals surface area contributed by atoms with E-state index in [0.29, 0.717) is 47.3 Å². The topological polar surface area (TPSA) is 29.5 Å². The van der Waals surface area contributed by atoms with Crippen molar-refractivity contribution in [2.45, 2.75) is 83.0 Å². The van der Waals surface area contributed by atoms with Gasteiger partial charge >= 0.3 is 0 Å². The van der Waals surface area contributed by atoms with Gasteiger partial charge in [0.15, 0.2) is 11.6 Å². The molecule has 2 fully saturated rings. The van der Waals surface area contributed by atoms with E-state index < -0.39 is 11.6 Å². The lowest BCUT2D eigenvalue weighted by Gasteiger charge is -2.30. The first-order valence-corrected chi connectivity index (χ1v) is 13.0. The Morgan fingerprint density at radius 1 is 0.794 bits per heavy atom. The number of hydrogen-bond acceptors (Lipinski definition) is 2. The number of aliphatic hydroxyl groups is 1. The summed E-state index contributed by atoms with van der Waals surface area (Å²) in [6.07, 6.45) is 8.54. The normalized spacial score (nSPS) is 25.3. The van der Waals surface area contributed by atoms with Gasteiger partial charge < -0.3 is 9.84 Å². The average molecular weight is 475 g/mol. The smallest absolute Gasteiger partial charge is 0.162 e. The Kier molecular flexibility index (Phi) is 8.57. The maximum atomic E-state index is 15.1. The number of benzene rings is 2. The Balaban J connectivity index is 1.31. The predicted octanol–water partition coefficient (Wildman–Crippen LogP) is 7.68. The van der Waals surface area contributed by atoms with Crippen LogP contribution in [0.3, 0.4) is 0 Å². The number of aryl methyl sites for hydroxylation is 1. The van der Waals surface area contributed by atoms with Crippen molar-refractivity contribution >= 4 is 0 Å². The van der Waals surface area contributed by atoms with Crippen molar-refractivity contribution in [2.75, 3.05) is 13.2 Å². The zero-order valence-electron chi connectivity index (χ0n) is 20.2. The maximum Gasteiger partial charge on any atom is 0.162 e. The van der Waals surface area contributed by atoms with Crippen molar-refractivity contribution < 1.29 is 23.0 Å². The molecule has 0 unspecified atom stereocenters. The van der Waals surface area contributed by atoms with Crippen LogP contribution in [-0.2, 0) is 6.42 Å². The summed E-state index contributed by atoms with van der Waals surface area (Å²) in [4.78, 5) is 0. The van der Waals surface area contributed by atoms with Gasteiger partial charge in [-0.15, -0.1) is 0 Å². The van der Waals surface area contributed by atoms with Crippen LogP contribution in [0.2, 0.25) is 0 Å². The standard InChI is InChI=1S/C29H37F3O2/c1-2-34-24-14-13-23(27(30)17-24)12-5-19-3-8-21(9-4-19)25-15-16-26(29(32)28(25)31)22-10-6-20(18-33)7-11-22/h13-17,19-22,33H,2-12,18H2,1H3. The molecule has 0 bridgehead atoms. The van der Waals surface area contributed by atoms with E-state index >= 15 is 8.78 Å². The Morgan fingerprint density at radius 2 is 1.35 bits per heavy atom. The molecule has 186 valence electrons. The molecule has 5 heteroatoms. The number of hydrogen-bond donors (Lipinski definition) is 1. The summed E-state index contributed by atoms with van der Waals surface area (Å²) in [6.45, 7) is 2.57. The molecule has 0 amide bonds. The SMILES string of the molecule is CCOc1ccc(CCC2CCC(c3ccc(C4CCC(CO)CC4)c(F)c3F)CC2)c(F)c1. The fourth-order valence-corrected chi connectivity index (χ4v) is 5.97. The van der Waals surface area contributed by atoms with E-state index in [4.69, 9.17) is 4.74 Å². The largest absolute Gasteiger partial charge is 0.494 e. The zero-order chi connectivity index (χ0) is 24.1. The van der Waals surface area contributed by atoms with Crippen molar-refractivity contribution in [2.24, 2.45) is 11.8 Å². The first-order valence-electron chi connectivity index (χ1n) is 13.0. The average Bonchev–Trinajstić information content (AvgIpc) is 2.86. The lowest BCUT2D eigenvalue weighted by atomic mass is 9.75. The van der Waals surface area contributed by atoms with Crippen LogP contribution >= 0.6 is 0 Å². The van der Waals surface area contributed by atoms with Crippen molar-refractivity contribution in [1.29, 1.82) is 0 Å². The third-order valence-corrected chi connectivity index (χ3v) is 8.13. The summed E-state index contributed by atoms with van der Waals surface area (Å²) < 4.78 is 49.8. The Bertz CT molecular complexity index is 945. The Morgan fingerprint density at radius 3 is 1.85 bits per heavy atom. The second-order valence-electron chi connectivity index (χ2n) is 10.2. The first-order chi connectivity index (χ1) is 16.5. The third-order valence-electron chi connectivity index (χ3n) is 8.13. The van der Waals surface area contributed by atoms with Crippen molar-refractivity contribution in [3.8, 4) is 5.75 Å². The van der Waals surface area contributed by atoms with Gasteiger partial charge in [0.1, 0.15) is 11.6 Å². The van der Waals surface area contributed by atoms with E-state index in [-0.39, 0.29) is 24.3 Å². The van der Waals surface area contributed by atoms with E-state index in [0.717, 1.165) is 57.8 Å². The molecule has 2 aromatic carbocycles. The molecule has 4 rings (SSSR count). The molecule has 0 radical (unpaired) electrons. The van der Waals surface area contributed by atoms with E-state index in [1.807, 2.05) is 25.1 Å². The van der Waals surface area contributed by atoms with Crippen LogP contribution in [-0.4, -0.2) is 18.3 Å². The van der Waals surface area contributed by atoms with Crippen LogP contribution in [0.5, 0.6) is 5.75 Å². The van der Waals surface area contributed by atoms with Crippen molar-refractivity contribution in [3.63, 3.8) is 0 Å². The van der Waals surface area contributed by atoms with Crippen LogP contribution in [0.15, 0.2) is 30.3 Å². The third kappa shape index (κ3) is 5.79. The summed E-state index contributed by atoms with van der Waals surface area (Å²) in [6, 6.07) is 8.69.